The third-order valence-electron chi connectivity index (χ3n) is 3.95. The first kappa shape index (κ1) is 15.7. The fourth-order valence-corrected chi connectivity index (χ4v) is 2.53. The fourth-order valence-electron chi connectivity index (χ4n) is 2.53. The van der Waals surface area contributed by atoms with E-state index in [0.29, 0.717) is 0 Å². The quantitative estimate of drug-likeness (QED) is 0.876. The van der Waals surface area contributed by atoms with Crippen molar-refractivity contribution >= 4 is 0 Å². The van der Waals surface area contributed by atoms with Gasteiger partial charge in [-0.2, -0.15) is 0 Å². The van der Waals surface area contributed by atoms with Crippen LogP contribution in [0.5, 0.6) is 0 Å². The molecule has 0 spiro atoms. The summed E-state index contributed by atoms with van der Waals surface area (Å²) in [5.41, 5.74) is 12.8. The van der Waals surface area contributed by atoms with Gasteiger partial charge in [-0.05, 0) is 48.9 Å². The van der Waals surface area contributed by atoms with Crippen LogP contribution in [0.2, 0.25) is 0 Å². The Labute approximate surface area is 127 Å². The van der Waals surface area contributed by atoms with E-state index in [9.17, 15) is 0 Å². The third kappa shape index (κ3) is 4.42. The van der Waals surface area contributed by atoms with E-state index in [4.69, 9.17) is 10.5 Å². The Morgan fingerprint density at radius 2 is 1.76 bits per heavy atom. The molecule has 0 aliphatic carbocycles. The molecule has 21 heavy (non-hydrogen) atoms. The lowest BCUT2D eigenvalue weighted by Gasteiger charge is -2.15. The highest BCUT2D eigenvalue weighted by molar-refractivity contribution is 5.33. The van der Waals surface area contributed by atoms with E-state index in [1.807, 2.05) is 0 Å². The standard InChI is InChI=1S/C19H25NO/c1-14-4-5-15(2)18(12-14)13-19(20)17-8-6-16(7-9-17)10-11-21-3/h4-9,12,19H,10-11,13,20H2,1-3H3. The number of benzene rings is 2. The molecule has 0 radical (unpaired) electrons. The van der Waals surface area contributed by atoms with Crippen LogP contribution in [-0.2, 0) is 17.6 Å². The number of ether oxygens (including phenoxy) is 1. The maximum absolute atomic E-state index is 6.37. The van der Waals surface area contributed by atoms with Crippen molar-refractivity contribution in [1.82, 2.24) is 0 Å². The molecule has 1 unspecified atom stereocenters. The van der Waals surface area contributed by atoms with Crippen molar-refractivity contribution < 1.29 is 4.74 Å². The first-order chi connectivity index (χ1) is 10.1. The van der Waals surface area contributed by atoms with E-state index in [-0.39, 0.29) is 6.04 Å². The third-order valence-corrected chi connectivity index (χ3v) is 3.95. The van der Waals surface area contributed by atoms with Gasteiger partial charge in [0, 0.05) is 13.2 Å². The summed E-state index contributed by atoms with van der Waals surface area (Å²) < 4.78 is 5.10. The number of methoxy groups -OCH3 is 1. The molecule has 0 aliphatic rings. The van der Waals surface area contributed by atoms with Gasteiger partial charge in [-0.3, -0.25) is 0 Å². The molecule has 2 aromatic rings. The summed E-state index contributed by atoms with van der Waals surface area (Å²) in [4.78, 5) is 0. The van der Waals surface area contributed by atoms with Gasteiger partial charge in [0.15, 0.2) is 0 Å². The minimum Gasteiger partial charge on any atom is -0.384 e. The van der Waals surface area contributed by atoms with Crippen molar-refractivity contribution in [3.8, 4) is 0 Å². The minimum absolute atomic E-state index is 0.0435. The molecule has 2 rings (SSSR count). The van der Waals surface area contributed by atoms with Gasteiger partial charge in [-0.25, -0.2) is 0 Å². The minimum atomic E-state index is 0.0435. The van der Waals surface area contributed by atoms with Crippen LogP contribution in [-0.4, -0.2) is 13.7 Å². The molecule has 2 nitrogen and oxygen atoms in total. The molecule has 0 aromatic heterocycles. The number of rotatable bonds is 6. The highest BCUT2D eigenvalue weighted by Gasteiger charge is 2.09. The van der Waals surface area contributed by atoms with E-state index >= 15 is 0 Å². The molecular formula is C19H25NO. The zero-order valence-electron chi connectivity index (χ0n) is 13.2. The molecule has 2 heteroatoms. The maximum atomic E-state index is 6.37. The van der Waals surface area contributed by atoms with Crippen molar-refractivity contribution in [2.24, 2.45) is 5.73 Å². The summed E-state index contributed by atoms with van der Waals surface area (Å²) in [5.74, 6) is 0. The second kappa shape index (κ2) is 7.39. The molecule has 112 valence electrons. The Balaban J connectivity index is 2.05. The van der Waals surface area contributed by atoms with E-state index in [2.05, 4.69) is 56.3 Å². The van der Waals surface area contributed by atoms with Gasteiger partial charge in [0.25, 0.3) is 0 Å². The molecule has 0 saturated heterocycles. The second-order valence-electron chi connectivity index (χ2n) is 5.72. The average molecular weight is 283 g/mol. The van der Waals surface area contributed by atoms with E-state index in [1.54, 1.807) is 7.11 Å². The van der Waals surface area contributed by atoms with Crippen LogP contribution < -0.4 is 5.73 Å². The Morgan fingerprint density at radius 3 is 2.43 bits per heavy atom. The van der Waals surface area contributed by atoms with Gasteiger partial charge in [0.1, 0.15) is 0 Å². The highest BCUT2D eigenvalue weighted by atomic mass is 16.5. The van der Waals surface area contributed by atoms with Crippen LogP contribution >= 0.6 is 0 Å². The zero-order valence-corrected chi connectivity index (χ0v) is 13.2. The first-order valence-corrected chi connectivity index (χ1v) is 7.49. The smallest absolute Gasteiger partial charge is 0.0502 e. The Morgan fingerprint density at radius 1 is 1.05 bits per heavy atom. The van der Waals surface area contributed by atoms with Crippen LogP contribution in [0.4, 0.5) is 0 Å². The molecule has 0 amide bonds. The monoisotopic (exact) mass is 283 g/mol. The fraction of sp³-hybridized carbons (Fsp3) is 0.368. The van der Waals surface area contributed by atoms with E-state index < -0.39 is 0 Å². The van der Waals surface area contributed by atoms with Gasteiger partial charge in [0.2, 0.25) is 0 Å². The van der Waals surface area contributed by atoms with Crippen molar-refractivity contribution in [1.29, 1.82) is 0 Å². The molecule has 0 saturated carbocycles. The highest BCUT2D eigenvalue weighted by Crippen LogP contribution is 2.20. The van der Waals surface area contributed by atoms with Gasteiger partial charge >= 0.3 is 0 Å². The summed E-state index contributed by atoms with van der Waals surface area (Å²) in [7, 11) is 1.73. The van der Waals surface area contributed by atoms with Crippen molar-refractivity contribution in [3.63, 3.8) is 0 Å². The molecule has 0 aliphatic heterocycles. The van der Waals surface area contributed by atoms with Crippen molar-refractivity contribution in [3.05, 3.63) is 70.3 Å². The summed E-state index contributed by atoms with van der Waals surface area (Å²) in [5, 5.41) is 0. The van der Waals surface area contributed by atoms with Crippen LogP contribution in [0.1, 0.15) is 33.9 Å². The molecule has 0 heterocycles. The number of nitrogens with two attached hydrogens (primary N) is 1. The molecule has 2 N–H and O–H groups in total. The lowest BCUT2D eigenvalue weighted by atomic mass is 9.95. The number of aryl methyl sites for hydroxylation is 2. The predicted molar refractivity (Wildman–Crippen MR) is 88.6 cm³/mol. The lowest BCUT2D eigenvalue weighted by molar-refractivity contribution is 0.202. The SMILES string of the molecule is COCCc1ccc(C(N)Cc2cc(C)ccc2C)cc1. The molecule has 1 atom stereocenters. The molecule has 0 bridgehead atoms. The molecule has 2 aromatic carbocycles. The lowest BCUT2D eigenvalue weighted by Crippen LogP contribution is -2.14. The van der Waals surface area contributed by atoms with E-state index in [0.717, 1.165) is 19.4 Å². The zero-order chi connectivity index (χ0) is 15.2. The first-order valence-electron chi connectivity index (χ1n) is 7.49. The molecule has 0 fully saturated rings. The summed E-state index contributed by atoms with van der Waals surface area (Å²) >= 11 is 0. The summed E-state index contributed by atoms with van der Waals surface area (Å²) in [6.07, 6.45) is 1.83. The summed E-state index contributed by atoms with van der Waals surface area (Å²) in [6.45, 7) is 5.03. The largest absolute Gasteiger partial charge is 0.384 e. The van der Waals surface area contributed by atoms with Crippen molar-refractivity contribution in [2.75, 3.05) is 13.7 Å². The van der Waals surface area contributed by atoms with Crippen LogP contribution in [0.3, 0.4) is 0 Å². The second-order valence-corrected chi connectivity index (χ2v) is 5.72. The molecular weight excluding hydrogens is 258 g/mol. The summed E-state index contributed by atoms with van der Waals surface area (Å²) in [6, 6.07) is 15.2. The topological polar surface area (TPSA) is 35.2 Å². The average Bonchev–Trinajstić information content (AvgIpc) is 2.49. The van der Waals surface area contributed by atoms with Gasteiger partial charge in [-0.15, -0.1) is 0 Å². The van der Waals surface area contributed by atoms with E-state index in [1.165, 1.54) is 27.8 Å². The Hall–Kier alpha value is -1.64. The Kier molecular flexibility index (Phi) is 5.54. The van der Waals surface area contributed by atoms with Crippen molar-refractivity contribution in [2.45, 2.75) is 32.7 Å². The maximum Gasteiger partial charge on any atom is 0.0502 e. The van der Waals surface area contributed by atoms with Gasteiger partial charge in [-0.1, -0.05) is 48.0 Å². The van der Waals surface area contributed by atoms with Gasteiger partial charge in [0.05, 0.1) is 6.61 Å². The predicted octanol–water partition coefficient (Wildman–Crippen LogP) is 3.73. The van der Waals surface area contributed by atoms with Crippen LogP contribution in [0, 0.1) is 13.8 Å². The van der Waals surface area contributed by atoms with Crippen LogP contribution in [0.15, 0.2) is 42.5 Å². The van der Waals surface area contributed by atoms with Gasteiger partial charge < -0.3 is 10.5 Å². The number of hydrogen-bond acceptors (Lipinski definition) is 2. The Bertz CT molecular complexity index is 575. The van der Waals surface area contributed by atoms with Crippen LogP contribution in [0.25, 0.3) is 0 Å². The normalized spacial score (nSPS) is 12.4. The number of hydrogen-bond donors (Lipinski definition) is 1.